The number of esters is 1. The predicted octanol–water partition coefficient (Wildman–Crippen LogP) is 5.49. The van der Waals surface area contributed by atoms with E-state index in [0.717, 1.165) is 30.3 Å². The highest BCUT2D eigenvalue weighted by molar-refractivity contribution is 6.32. The zero-order valence-corrected chi connectivity index (χ0v) is 16.8. The lowest BCUT2D eigenvalue weighted by Gasteiger charge is -2.16. The Bertz CT molecular complexity index is 1050. The first kappa shape index (κ1) is 23.9. The van der Waals surface area contributed by atoms with Gasteiger partial charge in [0.15, 0.2) is 12.4 Å². The minimum Gasteiger partial charge on any atom is -0.456 e. The number of ether oxygens (including phenoxy) is 3. The summed E-state index contributed by atoms with van der Waals surface area (Å²) in [5, 5.41) is 19.7. The summed E-state index contributed by atoms with van der Waals surface area (Å²) in [6.07, 6.45) is -4.60. The third-order valence-electron chi connectivity index (χ3n) is 3.75. The van der Waals surface area contributed by atoms with E-state index >= 15 is 0 Å². The SMILES string of the molecule is CC(C)(C#N)OCOC(=O)c1cc(Oc2ccc(C(F)(F)F)cc2Cl)ccc1[N+](=O)[O-]. The number of carbonyl (C=O) groups is 1. The zero-order valence-electron chi connectivity index (χ0n) is 16.0. The van der Waals surface area contributed by atoms with Gasteiger partial charge in [0.05, 0.1) is 21.6 Å². The van der Waals surface area contributed by atoms with Gasteiger partial charge in [0.25, 0.3) is 5.69 Å². The lowest BCUT2D eigenvalue weighted by Crippen LogP contribution is -2.24. The number of nitriles is 1. The van der Waals surface area contributed by atoms with Crippen molar-refractivity contribution < 1.29 is 37.1 Å². The van der Waals surface area contributed by atoms with Crippen LogP contribution in [0.2, 0.25) is 5.02 Å². The molecule has 0 atom stereocenters. The Morgan fingerprint density at radius 3 is 2.45 bits per heavy atom. The second-order valence-electron chi connectivity index (χ2n) is 6.50. The largest absolute Gasteiger partial charge is 0.456 e. The van der Waals surface area contributed by atoms with Crippen LogP contribution >= 0.6 is 11.6 Å². The van der Waals surface area contributed by atoms with Crippen molar-refractivity contribution in [1.29, 1.82) is 5.26 Å². The Kier molecular flexibility index (Phi) is 7.09. The molecule has 0 radical (unpaired) electrons. The van der Waals surface area contributed by atoms with E-state index in [4.69, 9.17) is 31.1 Å². The monoisotopic (exact) mass is 458 g/mol. The van der Waals surface area contributed by atoms with E-state index in [1.807, 2.05) is 6.07 Å². The molecule has 31 heavy (non-hydrogen) atoms. The molecule has 0 aliphatic heterocycles. The topological polar surface area (TPSA) is 112 Å². The highest BCUT2D eigenvalue weighted by Crippen LogP contribution is 2.37. The summed E-state index contributed by atoms with van der Waals surface area (Å²) in [5.74, 6) is -1.41. The van der Waals surface area contributed by atoms with Crippen LogP contribution in [0.25, 0.3) is 0 Å². The maximum Gasteiger partial charge on any atom is 0.416 e. The Hall–Kier alpha value is -3.36. The van der Waals surface area contributed by atoms with Crippen molar-refractivity contribution in [2.45, 2.75) is 25.6 Å². The Balaban J connectivity index is 2.26. The fourth-order valence-corrected chi connectivity index (χ4v) is 2.35. The number of nitrogens with zero attached hydrogens (tertiary/aromatic N) is 2. The summed E-state index contributed by atoms with van der Waals surface area (Å²) in [7, 11) is 0. The van der Waals surface area contributed by atoms with Crippen molar-refractivity contribution in [2.75, 3.05) is 6.79 Å². The van der Waals surface area contributed by atoms with Crippen LogP contribution in [0.1, 0.15) is 29.8 Å². The average Bonchev–Trinajstić information content (AvgIpc) is 2.68. The van der Waals surface area contributed by atoms with Crippen LogP contribution < -0.4 is 4.74 Å². The number of nitro groups is 1. The number of benzene rings is 2. The van der Waals surface area contributed by atoms with E-state index in [9.17, 15) is 28.1 Å². The van der Waals surface area contributed by atoms with Gasteiger partial charge in [-0.2, -0.15) is 18.4 Å². The molecule has 0 heterocycles. The van der Waals surface area contributed by atoms with Gasteiger partial charge in [0.1, 0.15) is 17.1 Å². The third kappa shape index (κ3) is 6.31. The molecule has 0 spiro atoms. The molecule has 164 valence electrons. The van der Waals surface area contributed by atoms with Crippen LogP contribution in [-0.2, 0) is 15.7 Å². The van der Waals surface area contributed by atoms with E-state index < -0.39 is 46.3 Å². The van der Waals surface area contributed by atoms with Gasteiger partial charge in [-0.1, -0.05) is 11.6 Å². The summed E-state index contributed by atoms with van der Waals surface area (Å²) in [6, 6.07) is 7.27. The molecule has 0 unspecified atom stereocenters. The van der Waals surface area contributed by atoms with Crippen molar-refractivity contribution in [3.63, 3.8) is 0 Å². The van der Waals surface area contributed by atoms with Crippen LogP contribution in [-0.4, -0.2) is 23.3 Å². The minimum atomic E-state index is -4.60. The average molecular weight is 459 g/mol. The Labute approximate surface area is 178 Å². The van der Waals surface area contributed by atoms with Gasteiger partial charge >= 0.3 is 12.1 Å². The normalized spacial score (nSPS) is 11.5. The molecule has 12 heteroatoms. The summed E-state index contributed by atoms with van der Waals surface area (Å²) < 4.78 is 53.5. The van der Waals surface area contributed by atoms with Crippen LogP contribution in [0.4, 0.5) is 18.9 Å². The maximum atomic E-state index is 12.7. The lowest BCUT2D eigenvalue weighted by atomic mass is 10.1. The van der Waals surface area contributed by atoms with Gasteiger partial charge in [-0.15, -0.1) is 0 Å². The maximum absolute atomic E-state index is 12.7. The molecule has 2 aromatic rings. The smallest absolute Gasteiger partial charge is 0.416 e. The quantitative estimate of drug-likeness (QED) is 0.233. The molecule has 0 aromatic heterocycles. The molecule has 0 saturated heterocycles. The first-order valence-electron chi connectivity index (χ1n) is 8.39. The minimum absolute atomic E-state index is 0.113. The number of nitro benzene ring substituents is 1. The molecular formula is C19H14ClF3N2O6. The van der Waals surface area contributed by atoms with Crippen molar-refractivity contribution >= 4 is 23.3 Å². The number of halogens is 4. The standard InChI is InChI=1S/C19H14ClF3N2O6/c1-18(2,9-24)30-10-29-17(26)13-8-12(4-5-15(13)25(27)28)31-16-6-3-11(7-14(16)20)19(21,22)23/h3-8H,10H2,1-2H3. The van der Waals surface area contributed by atoms with Crippen molar-refractivity contribution in [2.24, 2.45) is 0 Å². The number of rotatable bonds is 7. The third-order valence-corrected chi connectivity index (χ3v) is 4.05. The van der Waals surface area contributed by atoms with E-state index in [0.29, 0.717) is 6.07 Å². The molecule has 0 bridgehead atoms. The zero-order chi connectivity index (χ0) is 23.4. The van der Waals surface area contributed by atoms with Crippen molar-refractivity contribution in [1.82, 2.24) is 0 Å². The number of hydrogen-bond donors (Lipinski definition) is 0. The molecule has 0 fully saturated rings. The van der Waals surface area contributed by atoms with Crippen LogP contribution in [0.5, 0.6) is 11.5 Å². The summed E-state index contributed by atoms with van der Waals surface area (Å²) in [5.41, 5.74) is -3.34. The van der Waals surface area contributed by atoms with Gasteiger partial charge in [-0.25, -0.2) is 4.79 Å². The number of alkyl halides is 3. The highest BCUT2D eigenvalue weighted by Gasteiger charge is 2.31. The van der Waals surface area contributed by atoms with Gasteiger partial charge in [-0.3, -0.25) is 10.1 Å². The Morgan fingerprint density at radius 2 is 1.90 bits per heavy atom. The fraction of sp³-hybridized carbons (Fsp3) is 0.263. The summed E-state index contributed by atoms with van der Waals surface area (Å²) in [4.78, 5) is 22.7. The first-order valence-corrected chi connectivity index (χ1v) is 8.77. The molecule has 0 amide bonds. The van der Waals surface area contributed by atoms with Gasteiger partial charge in [0.2, 0.25) is 0 Å². The molecule has 8 nitrogen and oxygen atoms in total. The van der Waals surface area contributed by atoms with E-state index in [1.54, 1.807) is 0 Å². The lowest BCUT2D eigenvalue weighted by molar-refractivity contribution is -0.385. The molecule has 0 saturated carbocycles. The molecule has 2 rings (SSSR count). The van der Waals surface area contributed by atoms with E-state index in [-0.39, 0.29) is 16.5 Å². The molecule has 2 aromatic carbocycles. The van der Waals surface area contributed by atoms with Gasteiger partial charge < -0.3 is 14.2 Å². The van der Waals surface area contributed by atoms with Gasteiger partial charge in [-0.05, 0) is 38.1 Å². The van der Waals surface area contributed by atoms with Crippen LogP contribution in [0.3, 0.4) is 0 Å². The van der Waals surface area contributed by atoms with Crippen molar-refractivity contribution in [3.8, 4) is 17.6 Å². The first-order chi connectivity index (χ1) is 14.3. The van der Waals surface area contributed by atoms with Gasteiger partial charge in [0, 0.05) is 12.1 Å². The summed E-state index contributed by atoms with van der Waals surface area (Å²) in [6.45, 7) is 2.20. The van der Waals surface area contributed by atoms with E-state index in [1.165, 1.54) is 13.8 Å². The molecule has 0 aliphatic carbocycles. The fourth-order valence-electron chi connectivity index (χ4n) is 2.13. The summed E-state index contributed by atoms with van der Waals surface area (Å²) >= 11 is 5.83. The van der Waals surface area contributed by atoms with Crippen molar-refractivity contribution in [3.05, 3.63) is 62.7 Å². The second-order valence-corrected chi connectivity index (χ2v) is 6.90. The molecule has 0 aliphatic rings. The van der Waals surface area contributed by atoms with E-state index in [2.05, 4.69) is 0 Å². The van der Waals surface area contributed by atoms with Crippen LogP contribution in [0.15, 0.2) is 36.4 Å². The number of carbonyl (C=O) groups excluding carboxylic acids is 1. The Morgan fingerprint density at radius 1 is 1.23 bits per heavy atom. The molecular weight excluding hydrogens is 445 g/mol. The highest BCUT2D eigenvalue weighted by atomic mass is 35.5. The van der Waals surface area contributed by atoms with Crippen LogP contribution in [0, 0.1) is 21.4 Å². The number of hydrogen-bond acceptors (Lipinski definition) is 7. The predicted molar refractivity (Wildman–Crippen MR) is 101 cm³/mol. The second kappa shape index (κ2) is 9.20. The molecule has 0 N–H and O–H groups in total.